The molecule has 1 heterocycles. The molecule has 6 nitrogen and oxygen atoms in total. The second kappa shape index (κ2) is 9.95. The normalized spacial score (nSPS) is 12.0. The maximum absolute atomic E-state index is 13.2. The molecule has 2 aromatic rings. The van der Waals surface area contributed by atoms with Crippen LogP contribution in [0.5, 0.6) is 0 Å². The number of aromatic amines is 1. The fraction of sp³-hybridized carbons (Fsp3) is 0.438. The lowest BCUT2D eigenvalue weighted by Crippen LogP contribution is -2.40. The van der Waals surface area contributed by atoms with Gasteiger partial charge in [0.05, 0.1) is 5.75 Å². The Labute approximate surface area is 164 Å². The highest BCUT2D eigenvalue weighted by Gasteiger charge is 2.08. The van der Waals surface area contributed by atoms with Crippen molar-refractivity contribution in [3.05, 3.63) is 35.8 Å². The first-order valence-corrected chi connectivity index (χ1v) is 9.68. The maximum Gasteiger partial charge on any atom is 0.191 e. The first kappa shape index (κ1) is 21.7. The Morgan fingerprint density at radius 3 is 2.68 bits per heavy atom. The number of guanidine groups is 1. The zero-order chi connectivity index (χ0) is 17.6. The number of aliphatic imine (C=N–C) groups is 1. The van der Waals surface area contributed by atoms with Gasteiger partial charge >= 0.3 is 0 Å². The molecule has 0 atom stereocenters. The fourth-order valence-corrected chi connectivity index (χ4v) is 3.07. The van der Waals surface area contributed by atoms with Gasteiger partial charge in [0.1, 0.15) is 5.82 Å². The lowest BCUT2D eigenvalue weighted by atomic mass is 10.1. The van der Waals surface area contributed by atoms with Gasteiger partial charge in [-0.1, -0.05) is 6.92 Å². The van der Waals surface area contributed by atoms with Gasteiger partial charge in [0.15, 0.2) is 15.8 Å². The van der Waals surface area contributed by atoms with Crippen LogP contribution in [0.1, 0.15) is 12.5 Å². The molecule has 2 rings (SSSR count). The van der Waals surface area contributed by atoms with Crippen LogP contribution in [-0.2, 0) is 16.3 Å². The summed E-state index contributed by atoms with van der Waals surface area (Å²) in [5.74, 6) is 0.521. The number of nitrogens with zero attached hydrogens (tertiary/aromatic N) is 1. The van der Waals surface area contributed by atoms with Gasteiger partial charge in [-0.05, 0) is 30.2 Å². The van der Waals surface area contributed by atoms with Crippen molar-refractivity contribution in [2.75, 3.05) is 31.6 Å². The Balaban J connectivity index is 0.00000312. The average Bonchev–Trinajstić information content (AvgIpc) is 2.95. The topological polar surface area (TPSA) is 86.3 Å². The van der Waals surface area contributed by atoms with E-state index in [1.165, 1.54) is 12.1 Å². The number of rotatable bonds is 7. The number of benzene rings is 1. The third-order valence-electron chi connectivity index (χ3n) is 3.79. The molecule has 0 bridgehead atoms. The molecule has 0 amide bonds. The lowest BCUT2D eigenvalue weighted by molar-refractivity contribution is 0.595. The van der Waals surface area contributed by atoms with Crippen LogP contribution in [0.2, 0.25) is 0 Å². The molecular formula is C16H24FIN4O2S. The predicted octanol–water partition coefficient (Wildman–Crippen LogP) is 2.07. The Morgan fingerprint density at radius 1 is 1.28 bits per heavy atom. The monoisotopic (exact) mass is 482 g/mol. The minimum atomic E-state index is -2.99. The van der Waals surface area contributed by atoms with Crippen molar-refractivity contribution in [1.82, 2.24) is 15.6 Å². The average molecular weight is 482 g/mol. The molecule has 1 aromatic carbocycles. The third-order valence-corrected chi connectivity index (χ3v) is 5.49. The zero-order valence-corrected chi connectivity index (χ0v) is 17.4. The summed E-state index contributed by atoms with van der Waals surface area (Å²) in [6.45, 7) is 2.59. The number of hydrogen-bond acceptors (Lipinski definition) is 3. The van der Waals surface area contributed by atoms with Crippen molar-refractivity contribution in [1.29, 1.82) is 0 Å². The molecule has 140 valence electrons. The predicted molar refractivity (Wildman–Crippen MR) is 111 cm³/mol. The van der Waals surface area contributed by atoms with Gasteiger partial charge in [0.2, 0.25) is 0 Å². The zero-order valence-electron chi connectivity index (χ0n) is 14.3. The van der Waals surface area contributed by atoms with Gasteiger partial charge in [-0.25, -0.2) is 12.8 Å². The lowest BCUT2D eigenvalue weighted by Gasteiger charge is -2.11. The summed E-state index contributed by atoms with van der Waals surface area (Å²) in [6, 6.07) is 4.68. The number of aromatic nitrogens is 1. The molecule has 9 heteroatoms. The van der Waals surface area contributed by atoms with Gasteiger partial charge in [-0.3, -0.25) is 4.99 Å². The number of H-pyrrole nitrogens is 1. The van der Waals surface area contributed by atoms with E-state index in [0.29, 0.717) is 19.0 Å². The first-order chi connectivity index (χ1) is 11.4. The number of fused-ring (bicyclic) bond motifs is 1. The smallest absolute Gasteiger partial charge is 0.191 e. The van der Waals surface area contributed by atoms with Gasteiger partial charge < -0.3 is 15.6 Å². The summed E-state index contributed by atoms with van der Waals surface area (Å²) in [4.78, 5) is 7.13. The van der Waals surface area contributed by atoms with Crippen molar-refractivity contribution in [2.24, 2.45) is 4.99 Å². The summed E-state index contributed by atoms with van der Waals surface area (Å²) >= 11 is 0. The van der Waals surface area contributed by atoms with Crippen molar-refractivity contribution in [3.63, 3.8) is 0 Å². The van der Waals surface area contributed by atoms with Gasteiger partial charge in [0, 0.05) is 43.0 Å². The molecule has 3 N–H and O–H groups in total. The van der Waals surface area contributed by atoms with E-state index in [1.54, 1.807) is 20.0 Å². The molecule has 0 unspecified atom stereocenters. The molecule has 25 heavy (non-hydrogen) atoms. The standard InChI is InChI=1S/C16H23FN4O2S.HI/c1-3-24(22,23)9-8-20-16(18-2)19-7-6-12-11-21-15-10-13(17)4-5-14(12)15;/h4-5,10-11,21H,3,6-9H2,1-2H3,(H2,18,19,20);1H. The van der Waals surface area contributed by atoms with Crippen molar-refractivity contribution in [3.8, 4) is 0 Å². The Bertz CT molecular complexity index is 821. The molecule has 1 aromatic heterocycles. The molecule has 0 saturated carbocycles. The van der Waals surface area contributed by atoms with Crippen molar-refractivity contribution < 1.29 is 12.8 Å². The van der Waals surface area contributed by atoms with E-state index in [0.717, 1.165) is 22.9 Å². The van der Waals surface area contributed by atoms with Crippen molar-refractivity contribution in [2.45, 2.75) is 13.3 Å². The summed E-state index contributed by atoms with van der Waals surface area (Å²) in [5, 5.41) is 7.13. The Kier molecular flexibility index (Phi) is 8.63. The first-order valence-electron chi connectivity index (χ1n) is 7.85. The minimum Gasteiger partial charge on any atom is -0.361 e. The fourth-order valence-electron chi connectivity index (χ4n) is 2.37. The maximum atomic E-state index is 13.2. The third kappa shape index (κ3) is 6.46. The minimum absolute atomic E-state index is 0. The van der Waals surface area contributed by atoms with Crippen LogP contribution in [-0.4, -0.2) is 51.0 Å². The van der Waals surface area contributed by atoms with E-state index in [-0.39, 0.29) is 41.3 Å². The SMILES string of the molecule is CCS(=O)(=O)CCNC(=NC)NCCc1c[nH]c2cc(F)ccc12.I. The molecule has 0 spiro atoms. The largest absolute Gasteiger partial charge is 0.361 e. The summed E-state index contributed by atoms with van der Waals surface area (Å²) < 4.78 is 36.1. The summed E-state index contributed by atoms with van der Waals surface area (Å²) in [5.41, 5.74) is 1.86. The quantitative estimate of drug-likeness (QED) is 0.321. The van der Waals surface area contributed by atoms with E-state index in [4.69, 9.17) is 0 Å². The molecule has 0 saturated heterocycles. The Morgan fingerprint density at radius 2 is 2.00 bits per heavy atom. The van der Waals surface area contributed by atoms with Crippen LogP contribution in [0.15, 0.2) is 29.4 Å². The number of hydrogen-bond donors (Lipinski definition) is 3. The van der Waals surface area contributed by atoms with Crippen LogP contribution < -0.4 is 10.6 Å². The van der Waals surface area contributed by atoms with Gasteiger partial charge in [0.25, 0.3) is 0 Å². The Hall–Kier alpha value is -1.36. The molecule has 0 radical (unpaired) electrons. The second-order valence-corrected chi connectivity index (χ2v) is 7.89. The van der Waals surface area contributed by atoms with Gasteiger partial charge in [-0.15, -0.1) is 24.0 Å². The van der Waals surface area contributed by atoms with Crippen molar-refractivity contribution >= 4 is 50.7 Å². The molecule has 0 fully saturated rings. The van der Waals surface area contributed by atoms with Crippen LogP contribution in [0.4, 0.5) is 4.39 Å². The number of halogens is 2. The highest BCUT2D eigenvalue weighted by Crippen LogP contribution is 2.19. The number of sulfone groups is 1. The van der Waals surface area contributed by atoms with Crippen LogP contribution in [0.3, 0.4) is 0 Å². The molecule has 0 aliphatic rings. The van der Waals surface area contributed by atoms with Crippen LogP contribution >= 0.6 is 24.0 Å². The van der Waals surface area contributed by atoms with E-state index in [1.807, 2.05) is 6.20 Å². The molecule has 0 aliphatic heterocycles. The second-order valence-electron chi connectivity index (χ2n) is 5.42. The highest BCUT2D eigenvalue weighted by molar-refractivity contribution is 14.0. The highest BCUT2D eigenvalue weighted by atomic mass is 127. The molecular weight excluding hydrogens is 458 g/mol. The van der Waals surface area contributed by atoms with E-state index < -0.39 is 9.84 Å². The van der Waals surface area contributed by atoms with E-state index in [2.05, 4.69) is 20.6 Å². The molecule has 0 aliphatic carbocycles. The van der Waals surface area contributed by atoms with E-state index >= 15 is 0 Å². The van der Waals surface area contributed by atoms with E-state index in [9.17, 15) is 12.8 Å². The van der Waals surface area contributed by atoms with Crippen LogP contribution in [0.25, 0.3) is 10.9 Å². The number of nitrogens with one attached hydrogen (secondary N) is 3. The summed E-state index contributed by atoms with van der Waals surface area (Å²) in [7, 11) is -1.35. The summed E-state index contributed by atoms with van der Waals surface area (Å²) in [6.07, 6.45) is 2.61. The van der Waals surface area contributed by atoms with Gasteiger partial charge in [-0.2, -0.15) is 0 Å². The van der Waals surface area contributed by atoms with Crippen LogP contribution in [0, 0.1) is 5.82 Å².